The zero-order valence-electron chi connectivity index (χ0n) is 19.3. The Kier molecular flexibility index (Phi) is 8.54. The minimum atomic E-state index is -0.498. The molecular formula is C26H34N2O4. The average molecular weight is 439 g/mol. The van der Waals surface area contributed by atoms with Gasteiger partial charge in [-0.15, -0.1) is 0 Å². The van der Waals surface area contributed by atoms with Gasteiger partial charge in [0.05, 0.1) is 0 Å². The number of aryl methyl sites for hydroxylation is 1. The second-order valence-electron chi connectivity index (χ2n) is 8.55. The minimum absolute atomic E-state index is 0.0321. The molecule has 0 bridgehead atoms. The highest BCUT2D eigenvalue weighted by Crippen LogP contribution is 2.31. The number of hydrogen-bond acceptors (Lipinski definition) is 4. The maximum atomic E-state index is 13.3. The van der Waals surface area contributed by atoms with Crippen molar-refractivity contribution in [1.29, 1.82) is 0 Å². The van der Waals surface area contributed by atoms with E-state index in [0.717, 1.165) is 22.6 Å². The zero-order valence-corrected chi connectivity index (χ0v) is 19.3. The summed E-state index contributed by atoms with van der Waals surface area (Å²) in [6, 6.07) is 15.1. The third kappa shape index (κ3) is 6.49. The average Bonchev–Trinajstić information content (AvgIpc) is 2.81. The molecule has 6 nitrogen and oxygen atoms in total. The summed E-state index contributed by atoms with van der Waals surface area (Å²) in [6.07, 6.45) is 1.46. The predicted molar refractivity (Wildman–Crippen MR) is 125 cm³/mol. The van der Waals surface area contributed by atoms with Gasteiger partial charge in [0.25, 0.3) is 0 Å². The van der Waals surface area contributed by atoms with E-state index in [1.165, 1.54) is 0 Å². The van der Waals surface area contributed by atoms with Gasteiger partial charge >= 0.3 is 0 Å². The van der Waals surface area contributed by atoms with Crippen molar-refractivity contribution < 1.29 is 19.1 Å². The van der Waals surface area contributed by atoms with Crippen LogP contribution in [0.25, 0.3) is 0 Å². The van der Waals surface area contributed by atoms with E-state index in [-0.39, 0.29) is 11.8 Å². The van der Waals surface area contributed by atoms with Crippen molar-refractivity contribution >= 4 is 11.8 Å². The van der Waals surface area contributed by atoms with E-state index in [1.807, 2.05) is 55.5 Å². The van der Waals surface area contributed by atoms with E-state index in [4.69, 9.17) is 9.47 Å². The van der Waals surface area contributed by atoms with Crippen LogP contribution in [0.3, 0.4) is 0 Å². The van der Waals surface area contributed by atoms with Crippen molar-refractivity contribution in [3.63, 3.8) is 0 Å². The Hall–Kier alpha value is -3.02. The smallest absolute Gasteiger partial charge is 0.242 e. The summed E-state index contributed by atoms with van der Waals surface area (Å²) in [7, 11) is 0. The van der Waals surface area contributed by atoms with Gasteiger partial charge in [-0.1, -0.05) is 57.2 Å². The highest BCUT2D eigenvalue weighted by Gasteiger charge is 2.28. The highest BCUT2D eigenvalue weighted by molar-refractivity contribution is 5.87. The molecule has 1 aliphatic heterocycles. The molecule has 1 aliphatic rings. The Bertz CT molecular complexity index is 898. The molecule has 0 spiro atoms. The number of fused-ring (bicyclic) bond motifs is 1. The maximum Gasteiger partial charge on any atom is 0.242 e. The standard InChI is InChI=1S/C26H34N2O4/c1-4-22(26(30)27-17-19(2)3)28(18-21-8-6-5-7-9-21)25(29)13-11-20-10-12-23-24(16-20)32-15-14-31-23/h5-10,12,16,19,22H,4,11,13-15,17-18H2,1-3H3,(H,27,30)/t22-/m1/s1. The molecule has 0 aliphatic carbocycles. The first-order valence-corrected chi connectivity index (χ1v) is 11.5. The molecular weight excluding hydrogens is 404 g/mol. The first-order valence-electron chi connectivity index (χ1n) is 11.5. The number of carbonyl (C=O) groups excluding carboxylic acids is 2. The summed E-state index contributed by atoms with van der Waals surface area (Å²) in [4.78, 5) is 28.0. The Morgan fingerprint density at radius 1 is 1.00 bits per heavy atom. The lowest BCUT2D eigenvalue weighted by Crippen LogP contribution is -2.49. The molecule has 0 radical (unpaired) electrons. The van der Waals surface area contributed by atoms with Gasteiger partial charge in [-0.25, -0.2) is 0 Å². The van der Waals surface area contributed by atoms with Crippen LogP contribution in [0.5, 0.6) is 11.5 Å². The first kappa shape index (κ1) is 23.6. The van der Waals surface area contributed by atoms with Crippen LogP contribution in [0.2, 0.25) is 0 Å². The van der Waals surface area contributed by atoms with E-state index < -0.39 is 6.04 Å². The van der Waals surface area contributed by atoms with Crippen molar-refractivity contribution in [2.45, 2.75) is 52.6 Å². The molecule has 1 heterocycles. The fourth-order valence-corrected chi connectivity index (χ4v) is 3.76. The third-order valence-electron chi connectivity index (χ3n) is 5.50. The van der Waals surface area contributed by atoms with Crippen molar-refractivity contribution in [1.82, 2.24) is 10.2 Å². The van der Waals surface area contributed by atoms with Crippen molar-refractivity contribution in [2.24, 2.45) is 5.92 Å². The van der Waals surface area contributed by atoms with Crippen LogP contribution in [0, 0.1) is 5.92 Å². The van der Waals surface area contributed by atoms with Crippen LogP contribution in [-0.4, -0.2) is 42.5 Å². The highest BCUT2D eigenvalue weighted by atomic mass is 16.6. The van der Waals surface area contributed by atoms with E-state index >= 15 is 0 Å². The molecule has 32 heavy (non-hydrogen) atoms. The maximum absolute atomic E-state index is 13.3. The van der Waals surface area contributed by atoms with Crippen LogP contribution in [0.1, 0.15) is 44.7 Å². The Labute approximate surface area is 190 Å². The van der Waals surface area contributed by atoms with E-state index in [9.17, 15) is 9.59 Å². The predicted octanol–water partition coefficient (Wildman–Crippen LogP) is 3.97. The fourth-order valence-electron chi connectivity index (χ4n) is 3.76. The van der Waals surface area contributed by atoms with E-state index in [0.29, 0.717) is 51.5 Å². The number of amides is 2. The lowest BCUT2D eigenvalue weighted by molar-refractivity contribution is -0.141. The van der Waals surface area contributed by atoms with Crippen LogP contribution >= 0.6 is 0 Å². The summed E-state index contributed by atoms with van der Waals surface area (Å²) >= 11 is 0. The Morgan fingerprint density at radius 2 is 1.72 bits per heavy atom. The summed E-state index contributed by atoms with van der Waals surface area (Å²) in [6.45, 7) is 8.16. The molecule has 0 saturated carbocycles. The Balaban J connectivity index is 1.72. The fraction of sp³-hybridized carbons (Fsp3) is 0.462. The van der Waals surface area contributed by atoms with Gasteiger partial charge in [0.15, 0.2) is 11.5 Å². The number of rotatable bonds is 10. The molecule has 0 unspecified atom stereocenters. The Morgan fingerprint density at radius 3 is 2.41 bits per heavy atom. The third-order valence-corrected chi connectivity index (χ3v) is 5.50. The molecule has 0 aromatic heterocycles. The quantitative estimate of drug-likeness (QED) is 0.610. The van der Waals surface area contributed by atoms with Gasteiger partial charge in [0.1, 0.15) is 19.3 Å². The summed E-state index contributed by atoms with van der Waals surface area (Å²) in [5, 5.41) is 3.00. The minimum Gasteiger partial charge on any atom is -0.486 e. The van der Waals surface area contributed by atoms with Crippen molar-refractivity contribution in [3.05, 3.63) is 59.7 Å². The van der Waals surface area contributed by atoms with Gasteiger partial charge < -0.3 is 19.7 Å². The number of benzene rings is 2. The molecule has 2 amide bonds. The summed E-state index contributed by atoms with van der Waals surface area (Å²) < 4.78 is 11.2. The summed E-state index contributed by atoms with van der Waals surface area (Å²) in [5.74, 6) is 1.69. The normalized spacial score (nSPS) is 13.5. The molecule has 1 N–H and O–H groups in total. The molecule has 172 valence electrons. The van der Waals surface area contributed by atoms with Gasteiger partial charge in [0, 0.05) is 19.5 Å². The van der Waals surface area contributed by atoms with Gasteiger partial charge in [-0.05, 0) is 42.0 Å². The number of nitrogens with one attached hydrogen (secondary N) is 1. The second kappa shape index (κ2) is 11.6. The largest absolute Gasteiger partial charge is 0.486 e. The van der Waals surface area contributed by atoms with Crippen LogP contribution in [0.15, 0.2) is 48.5 Å². The molecule has 0 fully saturated rings. The molecule has 0 saturated heterocycles. The zero-order chi connectivity index (χ0) is 22.9. The van der Waals surface area contributed by atoms with Gasteiger partial charge in [0.2, 0.25) is 11.8 Å². The van der Waals surface area contributed by atoms with Gasteiger partial charge in [-0.2, -0.15) is 0 Å². The van der Waals surface area contributed by atoms with Crippen LogP contribution in [0.4, 0.5) is 0 Å². The topological polar surface area (TPSA) is 67.9 Å². The number of ether oxygens (including phenoxy) is 2. The molecule has 3 rings (SSSR count). The van der Waals surface area contributed by atoms with Gasteiger partial charge in [-0.3, -0.25) is 9.59 Å². The first-order chi connectivity index (χ1) is 15.5. The number of hydrogen-bond donors (Lipinski definition) is 1. The molecule has 2 aromatic carbocycles. The monoisotopic (exact) mass is 438 g/mol. The lowest BCUT2D eigenvalue weighted by Gasteiger charge is -2.31. The summed E-state index contributed by atoms with van der Waals surface area (Å²) in [5.41, 5.74) is 2.02. The SMILES string of the molecule is CC[C@H](C(=O)NCC(C)C)N(Cc1ccccc1)C(=O)CCc1ccc2c(c1)OCCO2. The van der Waals surface area contributed by atoms with Crippen LogP contribution in [-0.2, 0) is 22.6 Å². The van der Waals surface area contributed by atoms with Crippen molar-refractivity contribution in [3.8, 4) is 11.5 Å². The molecule has 2 aromatic rings. The van der Waals surface area contributed by atoms with E-state index in [2.05, 4.69) is 19.2 Å². The second-order valence-corrected chi connectivity index (χ2v) is 8.55. The van der Waals surface area contributed by atoms with E-state index in [1.54, 1.807) is 4.90 Å². The molecule has 6 heteroatoms. The van der Waals surface area contributed by atoms with Crippen LogP contribution < -0.4 is 14.8 Å². The number of carbonyl (C=O) groups is 2. The lowest BCUT2D eigenvalue weighted by atomic mass is 10.1. The number of nitrogens with zero attached hydrogens (tertiary/aromatic N) is 1. The van der Waals surface area contributed by atoms with Crippen molar-refractivity contribution in [2.75, 3.05) is 19.8 Å². The molecule has 1 atom stereocenters.